The van der Waals surface area contributed by atoms with Gasteiger partial charge in [0, 0.05) is 23.4 Å². The van der Waals surface area contributed by atoms with Crippen molar-refractivity contribution < 1.29 is 4.79 Å². The van der Waals surface area contributed by atoms with Crippen LogP contribution in [0.15, 0.2) is 24.3 Å². The Morgan fingerprint density at radius 3 is 2.74 bits per heavy atom. The Bertz CT molecular complexity index is 592. The van der Waals surface area contributed by atoms with Crippen LogP contribution in [0, 0.1) is 0 Å². The van der Waals surface area contributed by atoms with Gasteiger partial charge in [0.05, 0.1) is 0 Å². The van der Waals surface area contributed by atoms with Gasteiger partial charge in [-0.25, -0.2) is 9.67 Å². The van der Waals surface area contributed by atoms with Crippen LogP contribution < -0.4 is 0 Å². The Kier molecular flexibility index (Phi) is 4.32. The topological polar surface area (TPSA) is 47.8 Å². The molecule has 0 unspecified atom stereocenters. The molecule has 0 aliphatic rings. The molecule has 1 heterocycles. The van der Waals surface area contributed by atoms with Crippen molar-refractivity contribution in [2.75, 3.05) is 0 Å². The normalized spacial score (nSPS) is 10.7. The minimum Gasteiger partial charge on any atom is -0.292 e. The van der Waals surface area contributed by atoms with E-state index >= 15 is 0 Å². The van der Waals surface area contributed by atoms with Gasteiger partial charge in [-0.15, -0.1) is 0 Å². The highest BCUT2D eigenvalue weighted by atomic mass is 35.5. The molecule has 1 aromatic carbocycles. The molecule has 100 valence electrons. The van der Waals surface area contributed by atoms with Crippen LogP contribution in [0.5, 0.6) is 0 Å². The number of ketones is 1. The molecule has 0 aliphatic carbocycles. The number of benzene rings is 1. The van der Waals surface area contributed by atoms with Crippen LogP contribution in [0.1, 0.15) is 35.9 Å². The summed E-state index contributed by atoms with van der Waals surface area (Å²) in [5.74, 6) is 1.60. The number of hydrogen-bond donors (Lipinski definition) is 0. The summed E-state index contributed by atoms with van der Waals surface area (Å²) >= 11 is 5.89. The summed E-state index contributed by atoms with van der Waals surface area (Å²) in [4.78, 5) is 16.6. The van der Waals surface area contributed by atoms with Crippen LogP contribution in [0.3, 0.4) is 0 Å². The third kappa shape index (κ3) is 3.20. The van der Waals surface area contributed by atoms with E-state index in [1.165, 1.54) is 0 Å². The molecule has 0 aliphatic heterocycles. The second-order valence-electron chi connectivity index (χ2n) is 4.24. The Labute approximate surface area is 117 Å². The lowest BCUT2D eigenvalue weighted by atomic mass is 10.1. The molecule has 2 aromatic rings. The molecule has 4 nitrogen and oxygen atoms in total. The molecular formula is C14H16ClN3O. The van der Waals surface area contributed by atoms with Crippen LogP contribution in [0.25, 0.3) is 0 Å². The van der Waals surface area contributed by atoms with Crippen LogP contribution in [-0.4, -0.2) is 20.5 Å². The van der Waals surface area contributed by atoms with Crippen molar-refractivity contribution in [3.05, 3.63) is 46.5 Å². The van der Waals surface area contributed by atoms with E-state index < -0.39 is 0 Å². The Morgan fingerprint density at radius 2 is 2.11 bits per heavy atom. The van der Waals surface area contributed by atoms with Gasteiger partial charge in [0.25, 0.3) is 0 Å². The van der Waals surface area contributed by atoms with E-state index in [9.17, 15) is 4.79 Å². The van der Waals surface area contributed by atoms with E-state index in [1.54, 1.807) is 28.9 Å². The largest absolute Gasteiger partial charge is 0.292 e. The summed E-state index contributed by atoms with van der Waals surface area (Å²) in [5, 5.41) is 4.90. The zero-order valence-corrected chi connectivity index (χ0v) is 11.8. The molecule has 1 aromatic heterocycles. The number of nitrogens with zero attached hydrogens (tertiary/aromatic N) is 3. The Balaban J connectivity index is 2.21. The third-order valence-electron chi connectivity index (χ3n) is 2.86. The third-order valence-corrected chi connectivity index (χ3v) is 3.10. The fourth-order valence-corrected chi connectivity index (χ4v) is 2.04. The van der Waals surface area contributed by atoms with Crippen molar-refractivity contribution in [1.29, 1.82) is 0 Å². The second kappa shape index (κ2) is 5.97. The molecule has 0 N–H and O–H groups in total. The minimum atomic E-state index is -0.00949. The summed E-state index contributed by atoms with van der Waals surface area (Å²) in [6, 6.07) is 6.96. The van der Waals surface area contributed by atoms with Crippen LogP contribution >= 0.6 is 11.6 Å². The summed E-state index contributed by atoms with van der Waals surface area (Å²) < 4.78 is 1.68. The second-order valence-corrected chi connectivity index (χ2v) is 4.68. The van der Waals surface area contributed by atoms with Crippen molar-refractivity contribution in [1.82, 2.24) is 14.8 Å². The van der Waals surface area contributed by atoms with Gasteiger partial charge in [0.2, 0.25) is 0 Å². The fourth-order valence-electron chi connectivity index (χ4n) is 1.85. The SMILES string of the molecule is CCc1nc(CC)n(CC(=O)c2cccc(Cl)c2)n1. The quantitative estimate of drug-likeness (QED) is 0.790. The maximum Gasteiger partial charge on any atom is 0.184 e. The van der Waals surface area contributed by atoms with Gasteiger partial charge in [-0.1, -0.05) is 37.6 Å². The Morgan fingerprint density at radius 1 is 1.32 bits per heavy atom. The number of halogens is 1. The number of carbonyl (C=O) groups excluding carboxylic acids is 1. The first-order valence-electron chi connectivity index (χ1n) is 6.35. The van der Waals surface area contributed by atoms with Crippen LogP contribution in [-0.2, 0) is 19.4 Å². The van der Waals surface area contributed by atoms with Gasteiger partial charge in [0.1, 0.15) is 12.4 Å². The van der Waals surface area contributed by atoms with Crippen LogP contribution in [0.2, 0.25) is 5.02 Å². The van der Waals surface area contributed by atoms with Gasteiger partial charge in [-0.05, 0) is 12.1 Å². The number of carbonyl (C=O) groups is 1. The van der Waals surface area contributed by atoms with Gasteiger partial charge in [-0.2, -0.15) is 5.10 Å². The summed E-state index contributed by atoms with van der Waals surface area (Å²) in [6.45, 7) is 4.21. The highest BCUT2D eigenvalue weighted by molar-refractivity contribution is 6.31. The number of aryl methyl sites for hydroxylation is 2. The molecular weight excluding hydrogens is 262 g/mol. The summed E-state index contributed by atoms with van der Waals surface area (Å²) in [7, 11) is 0. The van der Waals surface area contributed by atoms with E-state index in [0.29, 0.717) is 10.6 Å². The predicted molar refractivity (Wildman–Crippen MR) is 74.6 cm³/mol. The maximum atomic E-state index is 12.2. The van der Waals surface area contributed by atoms with Crippen LogP contribution in [0.4, 0.5) is 0 Å². The number of aromatic nitrogens is 3. The Hall–Kier alpha value is -1.68. The fraction of sp³-hybridized carbons (Fsp3) is 0.357. The molecule has 0 amide bonds. The molecule has 0 fully saturated rings. The number of Topliss-reactive ketones (excluding diaryl/α,β-unsaturated/α-hetero) is 1. The van der Waals surface area contributed by atoms with Crippen molar-refractivity contribution in [3.8, 4) is 0 Å². The highest BCUT2D eigenvalue weighted by Gasteiger charge is 2.12. The van der Waals surface area contributed by atoms with E-state index in [-0.39, 0.29) is 12.3 Å². The first-order valence-corrected chi connectivity index (χ1v) is 6.73. The molecule has 19 heavy (non-hydrogen) atoms. The molecule has 5 heteroatoms. The van der Waals surface area contributed by atoms with Gasteiger partial charge in [0.15, 0.2) is 11.6 Å². The average molecular weight is 278 g/mol. The van der Waals surface area contributed by atoms with E-state index in [4.69, 9.17) is 11.6 Å². The molecule has 0 bridgehead atoms. The molecule has 0 saturated carbocycles. The summed E-state index contributed by atoms with van der Waals surface area (Å²) in [5.41, 5.74) is 0.600. The average Bonchev–Trinajstić information content (AvgIpc) is 2.81. The lowest BCUT2D eigenvalue weighted by molar-refractivity contribution is 0.0966. The first-order chi connectivity index (χ1) is 9.13. The molecule has 0 atom stereocenters. The maximum absolute atomic E-state index is 12.2. The molecule has 2 rings (SSSR count). The lowest BCUT2D eigenvalue weighted by Crippen LogP contribution is -2.14. The first kappa shape index (κ1) is 13.7. The minimum absolute atomic E-state index is 0.00949. The zero-order valence-electron chi connectivity index (χ0n) is 11.1. The summed E-state index contributed by atoms with van der Waals surface area (Å²) in [6.07, 6.45) is 1.53. The van der Waals surface area contributed by atoms with E-state index in [1.807, 2.05) is 13.8 Å². The number of hydrogen-bond acceptors (Lipinski definition) is 3. The van der Waals surface area contributed by atoms with Crippen molar-refractivity contribution in [2.24, 2.45) is 0 Å². The lowest BCUT2D eigenvalue weighted by Gasteiger charge is -2.04. The predicted octanol–water partition coefficient (Wildman–Crippen LogP) is 2.94. The van der Waals surface area contributed by atoms with Crippen molar-refractivity contribution in [3.63, 3.8) is 0 Å². The molecule has 0 spiro atoms. The standard InChI is InChI=1S/C14H16ClN3O/c1-3-13-16-14(4-2)18(17-13)9-12(19)10-6-5-7-11(15)8-10/h5-8H,3-4,9H2,1-2H3. The van der Waals surface area contributed by atoms with E-state index in [2.05, 4.69) is 10.1 Å². The van der Waals surface area contributed by atoms with Crippen molar-refractivity contribution in [2.45, 2.75) is 33.2 Å². The zero-order chi connectivity index (χ0) is 13.8. The van der Waals surface area contributed by atoms with E-state index in [0.717, 1.165) is 24.5 Å². The molecule has 0 radical (unpaired) electrons. The van der Waals surface area contributed by atoms with Gasteiger partial charge in [-0.3, -0.25) is 4.79 Å². The van der Waals surface area contributed by atoms with Crippen molar-refractivity contribution >= 4 is 17.4 Å². The highest BCUT2D eigenvalue weighted by Crippen LogP contribution is 2.12. The number of rotatable bonds is 5. The van der Waals surface area contributed by atoms with Gasteiger partial charge < -0.3 is 0 Å². The van der Waals surface area contributed by atoms with Gasteiger partial charge >= 0.3 is 0 Å². The monoisotopic (exact) mass is 277 g/mol. The smallest absolute Gasteiger partial charge is 0.184 e. The molecule has 0 saturated heterocycles.